The summed E-state index contributed by atoms with van der Waals surface area (Å²) >= 11 is 0. The zero-order chi connectivity index (χ0) is 20.0. The molecule has 1 heterocycles. The van der Waals surface area contributed by atoms with E-state index in [2.05, 4.69) is 0 Å². The highest BCUT2D eigenvalue weighted by atomic mass is 16.6. The minimum Gasteiger partial charge on any atom is -0.445 e. The molecular formula is C20H30N2O5. The van der Waals surface area contributed by atoms with Crippen LogP contribution in [0.25, 0.3) is 0 Å². The van der Waals surface area contributed by atoms with Gasteiger partial charge < -0.3 is 24.0 Å². The molecule has 0 aromatic heterocycles. The summed E-state index contributed by atoms with van der Waals surface area (Å²) < 4.78 is 16.4. The number of carbonyl (C=O) groups is 2. The van der Waals surface area contributed by atoms with Crippen molar-refractivity contribution in [1.29, 1.82) is 0 Å². The zero-order valence-electron chi connectivity index (χ0n) is 16.8. The Morgan fingerprint density at radius 3 is 2.48 bits per heavy atom. The van der Waals surface area contributed by atoms with E-state index in [1.807, 2.05) is 51.1 Å². The summed E-state index contributed by atoms with van der Waals surface area (Å²) in [5.74, 6) is 0. The van der Waals surface area contributed by atoms with Crippen molar-refractivity contribution < 1.29 is 23.8 Å². The number of hydrogen-bond acceptors (Lipinski definition) is 5. The Kier molecular flexibility index (Phi) is 7.07. The Labute approximate surface area is 161 Å². The molecule has 1 saturated heterocycles. The molecule has 0 N–H and O–H groups in total. The number of hydrogen-bond donors (Lipinski definition) is 0. The topological polar surface area (TPSA) is 68.3 Å². The van der Waals surface area contributed by atoms with Crippen LogP contribution in [0.5, 0.6) is 0 Å². The van der Waals surface area contributed by atoms with Crippen LogP contribution in [-0.2, 0) is 20.8 Å². The summed E-state index contributed by atoms with van der Waals surface area (Å²) in [7, 11) is 3.29. The molecule has 0 bridgehead atoms. The number of methoxy groups -OCH3 is 1. The predicted octanol–water partition coefficient (Wildman–Crippen LogP) is 3.28. The monoisotopic (exact) mass is 378 g/mol. The Balaban J connectivity index is 1.98. The molecule has 0 saturated carbocycles. The molecule has 1 fully saturated rings. The summed E-state index contributed by atoms with van der Waals surface area (Å²) in [4.78, 5) is 28.0. The molecule has 1 aromatic rings. The van der Waals surface area contributed by atoms with Gasteiger partial charge in [-0.2, -0.15) is 0 Å². The van der Waals surface area contributed by atoms with E-state index >= 15 is 0 Å². The third-order valence-electron chi connectivity index (χ3n) is 4.47. The molecule has 2 rings (SSSR count). The maximum atomic E-state index is 12.5. The zero-order valence-corrected chi connectivity index (χ0v) is 16.8. The lowest BCUT2D eigenvalue weighted by atomic mass is 10.0. The normalized spacial score (nSPS) is 20.1. The van der Waals surface area contributed by atoms with Crippen LogP contribution in [0.15, 0.2) is 30.3 Å². The number of ether oxygens (including phenoxy) is 3. The van der Waals surface area contributed by atoms with Gasteiger partial charge >= 0.3 is 12.2 Å². The first-order valence-electron chi connectivity index (χ1n) is 9.15. The molecule has 150 valence electrons. The van der Waals surface area contributed by atoms with E-state index in [1.54, 1.807) is 19.1 Å². The van der Waals surface area contributed by atoms with Crippen molar-refractivity contribution in [2.24, 2.45) is 0 Å². The maximum Gasteiger partial charge on any atom is 0.410 e. The molecule has 2 amide bonds. The van der Waals surface area contributed by atoms with E-state index in [9.17, 15) is 9.59 Å². The van der Waals surface area contributed by atoms with Crippen molar-refractivity contribution in [3.8, 4) is 0 Å². The highest BCUT2D eigenvalue weighted by molar-refractivity contribution is 5.70. The smallest absolute Gasteiger partial charge is 0.410 e. The van der Waals surface area contributed by atoms with E-state index in [-0.39, 0.29) is 18.8 Å². The van der Waals surface area contributed by atoms with Crippen molar-refractivity contribution in [1.82, 2.24) is 9.80 Å². The number of piperidine rings is 1. The van der Waals surface area contributed by atoms with Crippen molar-refractivity contribution in [2.75, 3.05) is 27.2 Å². The van der Waals surface area contributed by atoms with Crippen LogP contribution < -0.4 is 0 Å². The van der Waals surface area contributed by atoms with Gasteiger partial charge in [-0.15, -0.1) is 0 Å². The quantitative estimate of drug-likeness (QED) is 0.804. The standard InChI is InChI=1S/C20H30N2O5/c1-20(2,3)27-18(23)21(4)16-13-22(12-11-17(16)25-5)19(24)26-14-15-9-7-6-8-10-15/h6-10,16-17H,11-14H2,1-5H3. The minimum atomic E-state index is -0.586. The fourth-order valence-electron chi connectivity index (χ4n) is 3.00. The Bertz CT molecular complexity index is 629. The van der Waals surface area contributed by atoms with Gasteiger partial charge in [0.1, 0.15) is 12.2 Å². The largest absolute Gasteiger partial charge is 0.445 e. The Morgan fingerprint density at radius 1 is 1.22 bits per heavy atom. The molecule has 1 aliphatic heterocycles. The molecule has 0 spiro atoms. The van der Waals surface area contributed by atoms with Gasteiger partial charge in [0.05, 0.1) is 12.1 Å². The molecule has 2 unspecified atom stereocenters. The van der Waals surface area contributed by atoms with Gasteiger partial charge in [-0.05, 0) is 32.8 Å². The fourth-order valence-corrected chi connectivity index (χ4v) is 3.00. The van der Waals surface area contributed by atoms with Crippen LogP contribution in [-0.4, -0.2) is 67.0 Å². The number of likely N-dealkylation sites (tertiary alicyclic amines) is 1. The first kappa shape index (κ1) is 21.0. The van der Waals surface area contributed by atoms with Gasteiger partial charge in [-0.25, -0.2) is 9.59 Å². The van der Waals surface area contributed by atoms with Gasteiger partial charge in [0.15, 0.2) is 0 Å². The Hall–Kier alpha value is -2.28. The second-order valence-electron chi connectivity index (χ2n) is 7.71. The number of likely N-dealkylation sites (N-methyl/N-ethyl adjacent to an activating group) is 1. The van der Waals surface area contributed by atoms with E-state index < -0.39 is 17.8 Å². The van der Waals surface area contributed by atoms with Crippen molar-refractivity contribution in [3.63, 3.8) is 0 Å². The van der Waals surface area contributed by atoms with E-state index in [4.69, 9.17) is 14.2 Å². The maximum absolute atomic E-state index is 12.5. The van der Waals surface area contributed by atoms with Crippen LogP contribution in [0.2, 0.25) is 0 Å². The summed E-state index contributed by atoms with van der Waals surface area (Å²) in [6.07, 6.45) is -0.375. The Morgan fingerprint density at radius 2 is 1.89 bits per heavy atom. The SMILES string of the molecule is COC1CCN(C(=O)OCc2ccccc2)CC1N(C)C(=O)OC(C)(C)C. The molecule has 0 aliphatic carbocycles. The van der Waals surface area contributed by atoms with Crippen LogP contribution in [0.3, 0.4) is 0 Å². The fraction of sp³-hybridized carbons (Fsp3) is 0.600. The molecule has 7 nitrogen and oxygen atoms in total. The van der Waals surface area contributed by atoms with Gasteiger partial charge in [0.25, 0.3) is 0 Å². The summed E-state index contributed by atoms with van der Waals surface area (Å²) in [5, 5.41) is 0. The second-order valence-corrected chi connectivity index (χ2v) is 7.71. The third-order valence-corrected chi connectivity index (χ3v) is 4.47. The molecule has 7 heteroatoms. The van der Waals surface area contributed by atoms with Gasteiger partial charge in [0.2, 0.25) is 0 Å². The summed E-state index contributed by atoms with van der Waals surface area (Å²) in [6.45, 7) is 6.53. The number of rotatable bonds is 4. The van der Waals surface area contributed by atoms with E-state index in [0.717, 1.165) is 5.56 Å². The molecule has 1 aliphatic rings. The molecule has 0 radical (unpaired) electrons. The first-order chi connectivity index (χ1) is 12.7. The highest BCUT2D eigenvalue weighted by Gasteiger charge is 2.37. The molecule has 27 heavy (non-hydrogen) atoms. The number of nitrogens with zero attached hydrogens (tertiary/aromatic N) is 2. The lowest BCUT2D eigenvalue weighted by Crippen LogP contribution is -2.57. The van der Waals surface area contributed by atoms with Crippen LogP contribution in [0.1, 0.15) is 32.8 Å². The van der Waals surface area contributed by atoms with Crippen LogP contribution in [0.4, 0.5) is 9.59 Å². The number of amides is 2. The number of benzene rings is 1. The molecular weight excluding hydrogens is 348 g/mol. The summed E-state index contributed by atoms with van der Waals surface area (Å²) in [6, 6.07) is 9.23. The van der Waals surface area contributed by atoms with E-state index in [1.165, 1.54) is 4.90 Å². The van der Waals surface area contributed by atoms with Crippen molar-refractivity contribution in [2.45, 2.75) is 51.5 Å². The van der Waals surface area contributed by atoms with Gasteiger partial charge in [0, 0.05) is 27.2 Å². The van der Waals surface area contributed by atoms with Crippen LogP contribution >= 0.6 is 0 Å². The average Bonchev–Trinajstić information content (AvgIpc) is 2.64. The second kappa shape index (κ2) is 9.08. The average molecular weight is 378 g/mol. The lowest BCUT2D eigenvalue weighted by Gasteiger charge is -2.41. The molecule has 1 aromatic carbocycles. The third kappa shape index (κ3) is 6.13. The highest BCUT2D eigenvalue weighted by Crippen LogP contribution is 2.21. The van der Waals surface area contributed by atoms with Crippen molar-refractivity contribution >= 4 is 12.2 Å². The predicted molar refractivity (Wildman–Crippen MR) is 101 cm³/mol. The molecule has 2 atom stereocenters. The number of carbonyl (C=O) groups excluding carboxylic acids is 2. The van der Waals surface area contributed by atoms with Gasteiger partial charge in [-0.1, -0.05) is 30.3 Å². The first-order valence-corrected chi connectivity index (χ1v) is 9.15. The minimum absolute atomic E-state index is 0.166. The lowest BCUT2D eigenvalue weighted by molar-refractivity contribution is -0.0392. The van der Waals surface area contributed by atoms with Crippen molar-refractivity contribution in [3.05, 3.63) is 35.9 Å². The van der Waals surface area contributed by atoms with Crippen LogP contribution in [0, 0.1) is 0 Å². The summed E-state index contributed by atoms with van der Waals surface area (Å²) in [5.41, 5.74) is 0.344. The van der Waals surface area contributed by atoms with E-state index in [0.29, 0.717) is 19.5 Å². The van der Waals surface area contributed by atoms with Gasteiger partial charge in [-0.3, -0.25) is 0 Å².